The van der Waals surface area contributed by atoms with Gasteiger partial charge in [-0.3, -0.25) is 0 Å². The summed E-state index contributed by atoms with van der Waals surface area (Å²) in [6, 6.07) is 3.10. The maximum atomic E-state index is 13.4. The first-order valence-corrected chi connectivity index (χ1v) is 7.28. The van der Waals surface area contributed by atoms with Crippen molar-refractivity contribution >= 4 is 29.4 Å². The molecule has 0 aliphatic rings. The zero-order valence-electron chi connectivity index (χ0n) is 11.3. The van der Waals surface area contributed by atoms with Crippen LogP contribution in [0.3, 0.4) is 0 Å². The first-order chi connectivity index (χ1) is 9.45. The second kappa shape index (κ2) is 7.74. The molecule has 0 heterocycles. The number of rotatable bonds is 6. The first kappa shape index (κ1) is 16.3. The maximum Gasteiger partial charge on any atom is 0.340 e. The first-order valence-electron chi connectivity index (χ1n) is 6.12. The van der Waals surface area contributed by atoms with Crippen LogP contribution in [0.4, 0.5) is 14.9 Å². The summed E-state index contributed by atoms with van der Waals surface area (Å²) in [6.07, 6.45) is 0. The number of urea groups is 1. The Morgan fingerprint density at radius 3 is 2.75 bits per heavy atom. The number of aromatic carboxylic acids is 1. The predicted molar refractivity (Wildman–Crippen MR) is 78.0 cm³/mol. The minimum Gasteiger partial charge on any atom is -0.478 e. The zero-order valence-corrected chi connectivity index (χ0v) is 12.1. The molecule has 1 atom stereocenters. The summed E-state index contributed by atoms with van der Waals surface area (Å²) < 4.78 is 13.4. The Balaban J connectivity index is 2.71. The van der Waals surface area contributed by atoms with E-state index in [1.165, 1.54) is 12.1 Å². The number of carbonyl (C=O) groups excluding carboxylic acids is 1. The Hall–Kier alpha value is -1.76. The predicted octanol–water partition coefficient (Wildman–Crippen LogP) is 2.79. The highest BCUT2D eigenvalue weighted by Crippen LogP contribution is 2.18. The number of nitrogens with one attached hydrogen (secondary N) is 2. The molecule has 0 radical (unpaired) electrons. The molecule has 7 heteroatoms. The van der Waals surface area contributed by atoms with Gasteiger partial charge in [0.1, 0.15) is 11.4 Å². The second-order valence-corrected chi connectivity index (χ2v) is 5.45. The van der Waals surface area contributed by atoms with Crippen LogP contribution in [0.2, 0.25) is 0 Å². The van der Waals surface area contributed by atoms with Crippen LogP contribution in [0.25, 0.3) is 0 Å². The fourth-order valence-electron chi connectivity index (χ4n) is 1.56. The number of hydrogen-bond donors (Lipinski definition) is 3. The molecule has 20 heavy (non-hydrogen) atoms. The number of amides is 2. The molecule has 110 valence electrons. The van der Waals surface area contributed by atoms with Crippen molar-refractivity contribution in [3.8, 4) is 0 Å². The molecule has 0 aliphatic carbocycles. The van der Waals surface area contributed by atoms with Crippen LogP contribution >= 0.6 is 11.8 Å². The van der Waals surface area contributed by atoms with Crippen molar-refractivity contribution in [1.82, 2.24) is 5.32 Å². The van der Waals surface area contributed by atoms with Gasteiger partial charge in [-0.05, 0) is 24.8 Å². The van der Waals surface area contributed by atoms with Crippen LogP contribution in [0.1, 0.15) is 24.2 Å². The number of benzene rings is 1. The molecule has 0 aromatic heterocycles. The molecular formula is C13H17FN2O3S. The van der Waals surface area contributed by atoms with Crippen molar-refractivity contribution in [3.63, 3.8) is 0 Å². The third-order valence-electron chi connectivity index (χ3n) is 2.43. The fraction of sp³-hybridized carbons (Fsp3) is 0.385. The lowest BCUT2D eigenvalue weighted by molar-refractivity contribution is 0.0693. The Morgan fingerprint density at radius 1 is 1.45 bits per heavy atom. The van der Waals surface area contributed by atoms with Crippen molar-refractivity contribution < 1.29 is 19.1 Å². The Kier molecular flexibility index (Phi) is 6.30. The van der Waals surface area contributed by atoms with Gasteiger partial charge in [-0.2, -0.15) is 11.8 Å². The van der Waals surface area contributed by atoms with Gasteiger partial charge in [0.15, 0.2) is 0 Å². The van der Waals surface area contributed by atoms with Crippen LogP contribution in [-0.4, -0.2) is 34.7 Å². The van der Waals surface area contributed by atoms with E-state index in [2.05, 4.69) is 10.6 Å². The maximum absolute atomic E-state index is 13.4. The van der Waals surface area contributed by atoms with Gasteiger partial charge in [0.05, 0.1) is 5.69 Å². The summed E-state index contributed by atoms with van der Waals surface area (Å²) in [5, 5.41) is 14.0. The summed E-state index contributed by atoms with van der Waals surface area (Å²) >= 11 is 1.68. The van der Waals surface area contributed by atoms with E-state index in [0.717, 1.165) is 17.6 Å². The van der Waals surface area contributed by atoms with Gasteiger partial charge in [0, 0.05) is 11.8 Å². The molecule has 1 rings (SSSR count). The van der Waals surface area contributed by atoms with Crippen molar-refractivity contribution in [2.24, 2.45) is 0 Å². The van der Waals surface area contributed by atoms with E-state index < -0.39 is 23.4 Å². The van der Waals surface area contributed by atoms with Crippen LogP contribution in [0.5, 0.6) is 0 Å². The van der Waals surface area contributed by atoms with Crippen LogP contribution in [-0.2, 0) is 0 Å². The molecule has 5 nitrogen and oxygen atoms in total. The highest BCUT2D eigenvalue weighted by atomic mass is 32.2. The molecule has 0 fully saturated rings. The summed E-state index contributed by atoms with van der Waals surface area (Å²) in [5.41, 5.74) is -0.608. The lowest BCUT2D eigenvalue weighted by Crippen LogP contribution is -2.37. The smallest absolute Gasteiger partial charge is 0.340 e. The molecular weight excluding hydrogens is 283 g/mol. The van der Waals surface area contributed by atoms with E-state index in [9.17, 15) is 14.0 Å². The highest BCUT2D eigenvalue weighted by Gasteiger charge is 2.17. The van der Waals surface area contributed by atoms with E-state index in [1.54, 1.807) is 11.8 Å². The molecule has 3 N–H and O–H groups in total. The van der Waals surface area contributed by atoms with Gasteiger partial charge < -0.3 is 15.7 Å². The zero-order chi connectivity index (χ0) is 15.1. The monoisotopic (exact) mass is 300 g/mol. The lowest BCUT2D eigenvalue weighted by atomic mass is 10.1. The topological polar surface area (TPSA) is 78.4 Å². The number of hydrogen-bond acceptors (Lipinski definition) is 3. The van der Waals surface area contributed by atoms with Gasteiger partial charge in [0.2, 0.25) is 0 Å². The summed E-state index contributed by atoms with van der Waals surface area (Å²) in [5.74, 6) is -0.614. The molecule has 1 unspecified atom stereocenters. The minimum absolute atomic E-state index is 0.0645. The van der Waals surface area contributed by atoms with Crippen LogP contribution < -0.4 is 10.6 Å². The van der Waals surface area contributed by atoms with E-state index in [0.29, 0.717) is 0 Å². The summed E-state index contributed by atoms with van der Waals surface area (Å²) in [7, 11) is 0. The lowest BCUT2D eigenvalue weighted by Gasteiger charge is -2.15. The average molecular weight is 300 g/mol. The largest absolute Gasteiger partial charge is 0.478 e. The van der Waals surface area contributed by atoms with Crippen LogP contribution in [0, 0.1) is 5.82 Å². The average Bonchev–Trinajstić information content (AvgIpc) is 2.35. The van der Waals surface area contributed by atoms with Crippen LogP contribution in [0.15, 0.2) is 18.2 Å². The number of carboxylic acid groups (broad SMARTS) is 1. The quantitative estimate of drug-likeness (QED) is 0.755. The SMILES string of the molecule is CCSCC(C)NC(=O)Nc1cccc(F)c1C(=O)O. The van der Waals surface area contributed by atoms with Gasteiger partial charge in [-0.15, -0.1) is 0 Å². The van der Waals surface area contributed by atoms with Crippen molar-refractivity contribution in [2.45, 2.75) is 19.9 Å². The van der Waals surface area contributed by atoms with E-state index in [4.69, 9.17) is 5.11 Å². The molecule has 1 aromatic carbocycles. The second-order valence-electron chi connectivity index (χ2n) is 4.13. The van der Waals surface area contributed by atoms with Crippen molar-refractivity contribution in [2.75, 3.05) is 16.8 Å². The van der Waals surface area contributed by atoms with E-state index in [1.807, 2.05) is 13.8 Å². The van der Waals surface area contributed by atoms with E-state index in [-0.39, 0.29) is 11.7 Å². The van der Waals surface area contributed by atoms with Gasteiger partial charge in [-0.1, -0.05) is 13.0 Å². The number of carboxylic acids is 1. The molecule has 0 aliphatic heterocycles. The fourth-order valence-corrected chi connectivity index (χ4v) is 2.24. The standard InChI is InChI=1S/C13H17FN2O3S/c1-3-20-7-8(2)15-13(19)16-10-6-4-5-9(14)11(10)12(17)18/h4-6,8H,3,7H2,1-2H3,(H,17,18)(H2,15,16,19). The highest BCUT2D eigenvalue weighted by molar-refractivity contribution is 7.99. The normalized spacial score (nSPS) is 11.8. The van der Waals surface area contributed by atoms with Gasteiger partial charge >= 0.3 is 12.0 Å². The molecule has 0 saturated carbocycles. The van der Waals surface area contributed by atoms with Gasteiger partial charge in [0.25, 0.3) is 0 Å². The third kappa shape index (κ3) is 4.73. The summed E-state index contributed by atoms with van der Waals surface area (Å²) in [4.78, 5) is 22.7. The Morgan fingerprint density at radius 2 is 2.15 bits per heavy atom. The Bertz CT molecular complexity index is 497. The molecule has 0 saturated heterocycles. The molecule has 1 aromatic rings. The van der Waals surface area contributed by atoms with Crippen molar-refractivity contribution in [1.29, 1.82) is 0 Å². The summed E-state index contributed by atoms with van der Waals surface area (Å²) in [6.45, 7) is 3.86. The molecule has 0 spiro atoms. The van der Waals surface area contributed by atoms with Gasteiger partial charge in [-0.25, -0.2) is 14.0 Å². The molecule has 0 bridgehead atoms. The number of anilines is 1. The molecule has 2 amide bonds. The third-order valence-corrected chi connectivity index (χ3v) is 3.57. The van der Waals surface area contributed by atoms with Crippen molar-refractivity contribution in [3.05, 3.63) is 29.6 Å². The Labute approximate surface area is 120 Å². The minimum atomic E-state index is -1.42. The number of halogens is 1. The number of carbonyl (C=O) groups is 2. The number of thioether (sulfide) groups is 1. The van der Waals surface area contributed by atoms with E-state index >= 15 is 0 Å².